The van der Waals surface area contributed by atoms with Gasteiger partial charge in [-0.05, 0) is 47.9 Å². The maximum absolute atomic E-state index is 12.5. The van der Waals surface area contributed by atoms with Crippen molar-refractivity contribution in [1.29, 1.82) is 0 Å². The molecule has 3 aromatic rings. The number of carbonyl (C=O) groups excluding carboxylic acids is 2. The number of nitrogens with zero attached hydrogens (tertiary/aromatic N) is 1. The number of alkyl carbamates (subject to hydrolysis) is 1. The first-order valence-electron chi connectivity index (χ1n) is 11.4. The number of nitrogens with one attached hydrogen (secondary N) is 2. The lowest BCUT2D eigenvalue weighted by Gasteiger charge is -2.18. The highest BCUT2D eigenvalue weighted by atomic mass is 35.5. The van der Waals surface area contributed by atoms with Crippen LogP contribution in [0.3, 0.4) is 0 Å². The number of hydrazone groups is 1. The number of methoxy groups -OCH3 is 1. The number of rotatable bonds is 11. The zero-order chi connectivity index (χ0) is 26.6. The van der Waals surface area contributed by atoms with Crippen molar-refractivity contribution in [2.24, 2.45) is 5.10 Å². The highest BCUT2D eigenvalue weighted by Crippen LogP contribution is 2.36. The molecule has 0 spiro atoms. The molecule has 2 N–H and O–H groups in total. The second kappa shape index (κ2) is 14.1. The van der Waals surface area contributed by atoms with E-state index in [1.54, 1.807) is 31.2 Å². The largest absolute Gasteiger partial charge is 0.493 e. The third-order valence-corrected chi connectivity index (χ3v) is 5.64. The van der Waals surface area contributed by atoms with Gasteiger partial charge in [-0.25, -0.2) is 10.2 Å². The van der Waals surface area contributed by atoms with Gasteiger partial charge in [-0.1, -0.05) is 65.7 Å². The average molecular weight is 544 g/mol. The minimum absolute atomic E-state index is 0.0400. The highest BCUT2D eigenvalue weighted by Gasteiger charge is 2.19. The first-order chi connectivity index (χ1) is 17.9. The summed E-state index contributed by atoms with van der Waals surface area (Å²) < 4.78 is 16.2. The van der Waals surface area contributed by atoms with Gasteiger partial charge < -0.3 is 19.5 Å². The molecular formula is C27H27Cl2N3O5. The lowest BCUT2D eigenvalue weighted by molar-refractivity contribution is -0.121. The van der Waals surface area contributed by atoms with E-state index in [0.29, 0.717) is 27.1 Å². The van der Waals surface area contributed by atoms with E-state index in [2.05, 4.69) is 15.8 Å². The van der Waals surface area contributed by atoms with E-state index in [0.717, 1.165) is 11.1 Å². The Morgan fingerprint density at radius 2 is 1.78 bits per heavy atom. The topological polar surface area (TPSA) is 98.2 Å². The molecule has 10 heteroatoms. The summed E-state index contributed by atoms with van der Waals surface area (Å²) in [5, 5.41) is 7.68. The Balaban J connectivity index is 1.63. The number of hydrogen-bond acceptors (Lipinski definition) is 6. The van der Waals surface area contributed by atoms with Crippen LogP contribution in [0.15, 0.2) is 71.8 Å². The Hall–Kier alpha value is -3.75. The number of hydrogen-bond donors (Lipinski definition) is 2. The maximum Gasteiger partial charge on any atom is 0.407 e. The van der Waals surface area contributed by atoms with Crippen LogP contribution in [-0.4, -0.2) is 31.9 Å². The second-order valence-electron chi connectivity index (χ2n) is 7.77. The van der Waals surface area contributed by atoms with Crippen LogP contribution in [0.2, 0.25) is 10.0 Å². The van der Waals surface area contributed by atoms with Crippen molar-refractivity contribution in [3.05, 3.63) is 93.5 Å². The monoisotopic (exact) mass is 543 g/mol. The average Bonchev–Trinajstić information content (AvgIpc) is 2.89. The molecule has 37 heavy (non-hydrogen) atoms. The maximum atomic E-state index is 12.5. The van der Waals surface area contributed by atoms with Crippen LogP contribution in [-0.2, 0) is 16.1 Å². The fraction of sp³-hybridized carbons (Fsp3) is 0.222. The molecule has 0 aliphatic rings. The molecule has 0 saturated carbocycles. The molecule has 3 aromatic carbocycles. The Labute approximate surface area is 225 Å². The van der Waals surface area contributed by atoms with Gasteiger partial charge in [-0.3, -0.25) is 4.79 Å². The lowest BCUT2D eigenvalue weighted by atomic mass is 10.0. The lowest BCUT2D eigenvalue weighted by Crippen LogP contribution is -2.33. The van der Waals surface area contributed by atoms with Gasteiger partial charge in [0.25, 0.3) is 0 Å². The molecule has 0 aromatic heterocycles. The minimum atomic E-state index is -0.604. The first kappa shape index (κ1) is 27.8. The summed E-state index contributed by atoms with van der Waals surface area (Å²) in [7, 11) is 1.50. The van der Waals surface area contributed by atoms with Gasteiger partial charge in [0.05, 0.1) is 37.4 Å². The zero-order valence-electron chi connectivity index (χ0n) is 20.4. The standard InChI is InChI=1S/C27H27Cl2N3O5/c1-3-36-27(34)31-23(20-7-5-4-6-8-20)15-25(33)32-30-16-19-13-22(29)26(24(14-19)35-2)37-17-18-9-11-21(28)12-10-18/h4-14,16,23H,3,15,17H2,1-2H3,(H,31,34)(H,32,33)/b30-16-/t23-/m1/s1. The predicted molar refractivity (Wildman–Crippen MR) is 143 cm³/mol. The fourth-order valence-electron chi connectivity index (χ4n) is 3.35. The molecule has 0 aliphatic heterocycles. The fourth-order valence-corrected chi connectivity index (χ4v) is 3.75. The van der Waals surface area contributed by atoms with E-state index >= 15 is 0 Å². The molecule has 0 unspecified atom stereocenters. The minimum Gasteiger partial charge on any atom is -0.493 e. The van der Waals surface area contributed by atoms with Gasteiger partial charge in [0.15, 0.2) is 11.5 Å². The summed E-state index contributed by atoms with van der Waals surface area (Å²) in [5.74, 6) is 0.399. The summed E-state index contributed by atoms with van der Waals surface area (Å²) in [6, 6.07) is 19.2. The van der Waals surface area contributed by atoms with Crippen molar-refractivity contribution in [2.75, 3.05) is 13.7 Å². The van der Waals surface area contributed by atoms with Gasteiger partial charge >= 0.3 is 6.09 Å². The molecule has 0 aliphatic carbocycles. The normalized spacial score (nSPS) is 11.6. The highest BCUT2D eigenvalue weighted by molar-refractivity contribution is 6.32. The van der Waals surface area contributed by atoms with Crippen LogP contribution >= 0.6 is 23.2 Å². The number of amides is 2. The number of benzene rings is 3. The second-order valence-corrected chi connectivity index (χ2v) is 8.62. The SMILES string of the molecule is CCOC(=O)N[C@H](CC(=O)N/N=C\c1cc(Cl)c(OCc2ccc(Cl)cc2)c(OC)c1)c1ccccc1. The molecule has 8 nitrogen and oxygen atoms in total. The predicted octanol–water partition coefficient (Wildman–Crippen LogP) is 5.91. The van der Waals surface area contributed by atoms with E-state index in [1.807, 2.05) is 42.5 Å². The molecule has 0 radical (unpaired) electrons. The first-order valence-corrected chi connectivity index (χ1v) is 12.2. The van der Waals surface area contributed by atoms with Crippen LogP contribution in [0.4, 0.5) is 4.79 Å². The molecule has 194 valence electrons. The van der Waals surface area contributed by atoms with Gasteiger partial charge in [0.1, 0.15) is 6.61 Å². The van der Waals surface area contributed by atoms with Crippen molar-refractivity contribution in [3.8, 4) is 11.5 Å². The Morgan fingerprint density at radius 1 is 1.05 bits per heavy atom. The van der Waals surface area contributed by atoms with E-state index in [9.17, 15) is 9.59 Å². The summed E-state index contributed by atoms with van der Waals surface area (Å²) in [4.78, 5) is 24.5. The molecular weight excluding hydrogens is 517 g/mol. The smallest absolute Gasteiger partial charge is 0.407 e. The van der Waals surface area contributed by atoms with Crippen molar-refractivity contribution < 1.29 is 23.8 Å². The van der Waals surface area contributed by atoms with E-state index in [4.69, 9.17) is 37.4 Å². The molecule has 0 heterocycles. The Bertz CT molecular complexity index is 1220. The number of carbonyl (C=O) groups is 2. The summed E-state index contributed by atoms with van der Waals surface area (Å²) in [6.45, 7) is 2.21. The summed E-state index contributed by atoms with van der Waals surface area (Å²) >= 11 is 12.4. The molecule has 0 saturated heterocycles. The van der Waals surface area contributed by atoms with Crippen LogP contribution in [0.25, 0.3) is 0 Å². The van der Waals surface area contributed by atoms with E-state index < -0.39 is 18.0 Å². The number of halogens is 2. The van der Waals surface area contributed by atoms with Crippen LogP contribution < -0.4 is 20.2 Å². The van der Waals surface area contributed by atoms with E-state index in [-0.39, 0.29) is 19.6 Å². The molecule has 2 amide bonds. The summed E-state index contributed by atoms with van der Waals surface area (Å²) in [5.41, 5.74) is 4.74. The van der Waals surface area contributed by atoms with Crippen LogP contribution in [0.1, 0.15) is 36.1 Å². The van der Waals surface area contributed by atoms with Gasteiger partial charge in [0.2, 0.25) is 5.91 Å². The van der Waals surface area contributed by atoms with Crippen LogP contribution in [0.5, 0.6) is 11.5 Å². The van der Waals surface area contributed by atoms with Gasteiger partial charge in [-0.15, -0.1) is 0 Å². The molecule has 0 fully saturated rings. The Kier molecular flexibility index (Phi) is 10.6. The molecule has 1 atom stereocenters. The van der Waals surface area contributed by atoms with Gasteiger partial charge in [-0.2, -0.15) is 5.10 Å². The Morgan fingerprint density at radius 3 is 2.46 bits per heavy atom. The molecule has 3 rings (SSSR count). The van der Waals surface area contributed by atoms with Crippen molar-refractivity contribution in [3.63, 3.8) is 0 Å². The van der Waals surface area contributed by atoms with Gasteiger partial charge in [0, 0.05) is 5.02 Å². The van der Waals surface area contributed by atoms with Crippen molar-refractivity contribution in [2.45, 2.75) is 26.0 Å². The molecule has 0 bridgehead atoms. The van der Waals surface area contributed by atoms with Crippen LogP contribution in [0, 0.1) is 0 Å². The van der Waals surface area contributed by atoms with Crippen molar-refractivity contribution >= 4 is 41.4 Å². The van der Waals surface area contributed by atoms with E-state index in [1.165, 1.54) is 13.3 Å². The number of ether oxygens (including phenoxy) is 3. The third kappa shape index (κ3) is 8.70. The summed E-state index contributed by atoms with van der Waals surface area (Å²) in [6.07, 6.45) is 0.792. The zero-order valence-corrected chi connectivity index (χ0v) is 21.9. The third-order valence-electron chi connectivity index (χ3n) is 5.11. The van der Waals surface area contributed by atoms with Crippen molar-refractivity contribution in [1.82, 2.24) is 10.7 Å². The quantitative estimate of drug-likeness (QED) is 0.231.